The standard InChI is InChI=1S/C21H29N3O3S/c1-4-16(2)15-19(25)23-11-8-12-24(14-13-23)21-17(3)20(28(26,27)22-21)18-9-6-5-7-10-18/h5-7,9-10,16H,4,8,11-15H2,1-3H3/t16-/m0/s1. The highest BCUT2D eigenvalue weighted by atomic mass is 32.2. The van der Waals surface area contributed by atoms with Crippen molar-refractivity contribution in [3.05, 3.63) is 41.5 Å². The van der Waals surface area contributed by atoms with E-state index in [2.05, 4.69) is 18.2 Å². The lowest BCUT2D eigenvalue weighted by Gasteiger charge is -2.24. The summed E-state index contributed by atoms with van der Waals surface area (Å²) in [5.41, 5.74) is 1.35. The predicted molar refractivity (Wildman–Crippen MR) is 112 cm³/mol. The van der Waals surface area contributed by atoms with Crippen LogP contribution in [0, 0.1) is 5.92 Å². The van der Waals surface area contributed by atoms with Crippen molar-refractivity contribution in [1.82, 2.24) is 9.80 Å². The van der Waals surface area contributed by atoms with Crippen LogP contribution in [-0.4, -0.2) is 56.1 Å². The number of nitrogens with zero attached hydrogens (tertiary/aromatic N) is 3. The van der Waals surface area contributed by atoms with Crippen molar-refractivity contribution < 1.29 is 13.2 Å². The summed E-state index contributed by atoms with van der Waals surface area (Å²) < 4.78 is 29.5. The highest BCUT2D eigenvalue weighted by molar-refractivity contribution is 8.00. The first-order chi connectivity index (χ1) is 13.3. The topological polar surface area (TPSA) is 70.1 Å². The molecule has 3 rings (SSSR count). The fourth-order valence-corrected chi connectivity index (χ4v) is 5.21. The number of benzene rings is 1. The molecule has 1 atom stereocenters. The van der Waals surface area contributed by atoms with Crippen LogP contribution in [0.15, 0.2) is 40.3 Å². The molecular formula is C21H29N3O3S. The molecule has 6 nitrogen and oxygen atoms in total. The Morgan fingerprint density at radius 2 is 1.86 bits per heavy atom. The van der Waals surface area contributed by atoms with E-state index in [-0.39, 0.29) is 10.8 Å². The van der Waals surface area contributed by atoms with E-state index >= 15 is 0 Å². The normalized spacial score (nSPS) is 20.8. The van der Waals surface area contributed by atoms with E-state index in [0.29, 0.717) is 55.5 Å². The minimum absolute atomic E-state index is 0.189. The Kier molecular flexibility index (Phi) is 6.23. The Bertz CT molecular complexity index is 891. The second-order valence-electron chi connectivity index (χ2n) is 7.65. The van der Waals surface area contributed by atoms with Gasteiger partial charge >= 0.3 is 0 Å². The third kappa shape index (κ3) is 4.29. The van der Waals surface area contributed by atoms with Crippen LogP contribution in [-0.2, 0) is 14.8 Å². The van der Waals surface area contributed by atoms with Crippen molar-refractivity contribution in [2.45, 2.75) is 40.0 Å². The maximum absolute atomic E-state index is 12.7. The second-order valence-corrected chi connectivity index (χ2v) is 9.19. The van der Waals surface area contributed by atoms with Crippen LogP contribution in [0.2, 0.25) is 0 Å². The van der Waals surface area contributed by atoms with Gasteiger partial charge in [-0.15, -0.1) is 4.40 Å². The average Bonchev–Trinajstić information content (AvgIpc) is 2.83. The van der Waals surface area contributed by atoms with Gasteiger partial charge in [-0.1, -0.05) is 50.6 Å². The average molecular weight is 404 g/mol. The number of amides is 1. The van der Waals surface area contributed by atoms with Gasteiger partial charge in [-0.2, -0.15) is 8.42 Å². The molecule has 2 aliphatic rings. The number of carbonyl (C=O) groups is 1. The first kappa shape index (κ1) is 20.6. The molecule has 1 fully saturated rings. The van der Waals surface area contributed by atoms with Crippen LogP contribution < -0.4 is 0 Å². The monoisotopic (exact) mass is 403 g/mol. The summed E-state index contributed by atoms with van der Waals surface area (Å²) in [6.07, 6.45) is 2.37. The number of carbonyl (C=O) groups excluding carboxylic acids is 1. The van der Waals surface area contributed by atoms with Crippen molar-refractivity contribution in [2.75, 3.05) is 26.2 Å². The zero-order valence-corrected chi connectivity index (χ0v) is 17.7. The van der Waals surface area contributed by atoms with Crippen LogP contribution >= 0.6 is 0 Å². The summed E-state index contributed by atoms with van der Waals surface area (Å²) in [5.74, 6) is 1.10. The SMILES string of the molecule is CC[C@H](C)CC(=O)N1CCCN(C2=NS(=O)(=O)C(c3ccccc3)=C2C)CC1. The summed E-state index contributed by atoms with van der Waals surface area (Å²) in [6, 6.07) is 9.12. The molecule has 152 valence electrons. The minimum atomic E-state index is -3.70. The molecule has 1 aromatic rings. The highest BCUT2D eigenvalue weighted by Gasteiger charge is 2.34. The van der Waals surface area contributed by atoms with Crippen LogP contribution in [0.4, 0.5) is 0 Å². The summed E-state index contributed by atoms with van der Waals surface area (Å²) in [5, 5.41) is 0. The summed E-state index contributed by atoms with van der Waals surface area (Å²) in [6.45, 7) is 8.62. The van der Waals surface area contributed by atoms with Crippen molar-refractivity contribution in [3.63, 3.8) is 0 Å². The Hall–Kier alpha value is -2.15. The van der Waals surface area contributed by atoms with Gasteiger partial charge in [0.05, 0.1) is 0 Å². The zero-order chi connectivity index (χ0) is 20.3. The molecule has 0 aliphatic carbocycles. The molecule has 0 spiro atoms. The Labute approximate surface area is 168 Å². The smallest absolute Gasteiger partial charge is 0.285 e. The van der Waals surface area contributed by atoms with Gasteiger partial charge in [0.25, 0.3) is 10.0 Å². The molecule has 28 heavy (non-hydrogen) atoms. The number of rotatable bonds is 4. The number of hydrogen-bond donors (Lipinski definition) is 0. The van der Waals surface area contributed by atoms with Crippen LogP contribution in [0.3, 0.4) is 0 Å². The lowest BCUT2D eigenvalue weighted by Crippen LogP contribution is -2.37. The number of hydrogen-bond acceptors (Lipinski definition) is 4. The maximum Gasteiger partial charge on any atom is 0.285 e. The van der Waals surface area contributed by atoms with E-state index in [9.17, 15) is 13.2 Å². The number of sulfonamides is 1. The van der Waals surface area contributed by atoms with E-state index in [4.69, 9.17) is 0 Å². The summed E-state index contributed by atoms with van der Waals surface area (Å²) in [4.78, 5) is 16.7. The van der Waals surface area contributed by atoms with Crippen LogP contribution in [0.5, 0.6) is 0 Å². The fraction of sp³-hybridized carbons (Fsp3) is 0.524. The Morgan fingerprint density at radius 1 is 1.14 bits per heavy atom. The van der Waals surface area contributed by atoms with Gasteiger partial charge in [-0.05, 0) is 24.8 Å². The predicted octanol–water partition coefficient (Wildman–Crippen LogP) is 3.13. The maximum atomic E-state index is 12.7. The molecule has 1 saturated heterocycles. The van der Waals surface area contributed by atoms with Crippen molar-refractivity contribution in [3.8, 4) is 0 Å². The molecule has 1 aromatic carbocycles. The molecule has 2 aliphatic heterocycles. The van der Waals surface area contributed by atoms with Gasteiger partial charge in [-0.3, -0.25) is 4.79 Å². The van der Waals surface area contributed by atoms with Gasteiger partial charge in [-0.25, -0.2) is 0 Å². The molecule has 0 radical (unpaired) electrons. The van der Waals surface area contributed by atoms with Crippen molar-refractivity contribution in [2.24, 2.45) is 10.3 Å². The molecule has 2 heterocycles. The molecule has 7 heteroatoms. The van der Waals surface area contributed by atoms with Crippen LogP contribution in [0.1, 0.15) is 45.6 Å². The summed E-state index contributed by atoms with van der Waals surface area (Å²) >= 11 is 0. The molecule has 0 N–H and O–H groups in total. The third-order valence-electron chi connectivity index (χ3n) is 5.54. The Balaban J connectivity index is 1.77. The van der Waals surface area contributed by atoms with Gasteiger partial charge in [0.2, 0.25) is 5.91 Å². The first-order valence-electron chi connectivity index (χ1n) is 9.98. The number of amidine groups is 1. The lowest BCUT2D eigenvalue weighted by atomic mass is 10.0. The van der Waals surface area contributed by atoms with E-state index < -0.39 is 10.0 Å². The van der Waals surface area contributed by atoms with Gasteiger partial charge in [0, 0.05) is 38.2 Å². The third-order valence-corrected chi connectivity index (χ3v) is 7.02. The highest BCUT2D eigenvalue weighted by Crippen LogP contribution is 2.33. The molecule has 0 bridgehead atoms. The fourth-order valence-electron chi connectivity index (χ4n) is 3.72. The van der Waals surface area contributed by atoms with Gasteiger partial charge in [0.1, 0.15) is 10.7 Å². The minimum Gasteiger partial charge on any atom is -0.354 e. The van der Waals surface area contributed by atoms with Gasteiger partial charge < -0.3 is 9.80 Å². The van der Waals surface area contributed by atoms with Gasteiger partial charge in [0.15, 0.2) is 0 Å². The van der Waals surface area contributed by atoms with Crippen LogP contribution in [0.25, 0.3) is 4.91 Å². The van der Waals surface area contributed by atoms with Crippen molar-refractivity contribution in [1.29, 1.82) is 0 Å². The first-order valence-corrected chi connectivity index (χ1v) is 11.4. The molecule has 1 amide bonds. The Morgan fingerprint density at radius 3 is 2.54 bits per heavy atom. The zero-order valence-electron chi connectivity index (χ0n) is 16.9. The molecule has 0 aromatic heterocycles. The van der Waals surface area contributed by atoms with E-state index in [1.165, 1.54) is 0 Å². The summed E-state index contributed by atoms with van der Waals surface area (Å²) in [7, 11) is -3.70. The van der Waals surface area contributed by atoms with E-state index in [1.54, 1.807) is 12.1 Å². The molecular weight excluding hydrogens is 374 g/mol. The molecule has 0 saturated carbocycles. The van der Waals surface area contributed by atoms with Crippen molar-refractivity contribution >= 4 is 26.7 Å². The largest absolute Gasteiger partial charge is 0.354 e. The van der Waals surface area contributed by atoms with E-state index in [1.807, 2.05) is 34.9 Å². The lowest BCUT2D eigenvalue weighted by molar-refractivity contribution is -0.131. The van der Waals surface area contributed by atoms with E-state index in [0.717, 1.165) is 12.8 Å². The quantitative estimate of drug-likeness (QED) is 0.774. The molecule has 0 unspecified atom stereocenters. The second kappa shape index (κ2) is 8.47.